The third kappa shape index (κ3) is 3.17. The van der Waals surface area contributed by atoms with Crippen molar-refractivity contribution in [1.82, 2.24) is 9.78 Å². The molecule has 0 aromatic carbocycles. The topological polar surface area (TPSA) is 34.9 Å². The Labute approximate surface area is 137 Å². The molecule has 2 aromatic heterocycles. The van der Waals surface area contributed by atoms with Crippen molar-refractivity contribution < 1.29 is 4.79 Å². The fourth-order valence-corrected chi connectivity index (χ4v) is 4.38. The predicted molar refractivity (Wildman–Crippen MR) is 87.7 cm³/mol. The van der Waals surface area contributed by atoms with Crippen molar-refractivity contribution in [3.05, 3.63) is 26.5 Å². The third-order valence-corrected chi connectivity index (χ3v) is 5.49. The number of hydrogen-bond acceptors (Lipinski definition) is 3. The first-order chi connectivity index (χ1) is 10.2. The van der Waals surface area contributed by atoms with Crippen molar-refractivity contribution in [3.8, 4) is 11.3 Å². The molecule has 0 unspecified atom stereocenters. The molecule has 6 heteroatoms. The summed E-state index contributed by atoms with van der Waals surface area (Å²) < 4.78 is 3.14. The second-order valence-electron chi connectivity index (χ2n) is 5.41. The van der Waals surface area contributed by atoms with Crippen molar-refractivity contribution in [2.75, 3.05) is 0 Å². The van der Waals surface area contributed by atoms with Gasteiger partial charge >= 0.3 is 0 Å². The van der Waals surface area contributed by atoms with E-state index in [1.165, 1.54) is 37.0 Å². The molecular weight excluding hydrogens is 327 g/mol. The van der Waals surface area contributed by atoms with Gasteiger partial charge in [-0.2, -0.15) is 5.10 Å². The summed E-state index contributed by atoms with van der Waals surface area (Å²) in [5, 5.41) is 4.64. The molecular formula is C15H16Cl2N2OS. The number of aldehydes is 1. The third-order valence-electron chi connectivity index (χ3n) is 4.00. The van der Waals surface area contributed by atoms with Gasteiger partial charge in [0.05, 0.1) is 15.9 Å². The minimum Gasteiger partial charge on any atom is -0.298 e. The number of hydrogen-bond donors (Lipinski definition) is 0. The Morgan fingerprint density at radius 1 is 1.24 bits per heavy atom. The van der Waals surface area contributed by atoms with Crippen LogP contribution >= 0.6 is 34.5 Å². The van der Waals surface area contributed by atoms with Gasteiger partial charge in [0.1, 0.15) is 10.0 Å². The molecule has 0 bridgehead atoms. The Morgan fingerprint density at radius 2 is 1.95 bits per heavy atom. The van der Waals surface area contributed by atoms with Crippen molar-refractivity contribution in [3.63, 3.8) is 0 Å². The number of halogens is 2. The lowest BCUT2D eigenvalue weighted by atomic mass is 10.1. The summed E-state index contributed by atoms with van der Waals surface area (Å²) in [6, 6.07) is 2.16. The van der Waals surface area contributed by atoms with Gasteiger partial charge in [-0.05, 0) is 18.9 Å². The summed E-state index contributed by atoms with van der Waals surface area (Å²) in [4.78, 5) is 11.4. The molecule has 2 heterocycles. The number of aromatic nitrogens is 2. The molecule has 0 N–H and O–H groups in total. The molecule has 0 atom stereocenters. The molecule has 1 fully saturated rings. The van der Waals surface area contributed by atoms with E-state index in [4.69, 9.17) is 23.2 Å². The Hall–Kier alpha value is -0.840. The minimum absolute atomic E-state index is 0.382. The zero-order valence-corrected chi connectivity index (χ0v) is 13.8. The summed E-state index contributed by atoms with van der Waals surface area (Å²) in [5.74, 6) is 0. The van der Waals surface area contributed by atoms with Crippen molar-refractivity contribution in [2.24, 2.45) is 0 Å². The van der Waals surface area contributed by atoms with Crippen LogP contribution in [0, 0.1) is 0 Å². The van der Waals surface area contributed by atoms with Gasteiger partial charge in [0.25, 0.3) is 0 Å². The van der Waals surface area contributed by atoms with Crippen LogP contribution in [0.25, 0.3) is 11.3 Å². The molecule has 0 spiro atoms. The zero-order valence-electron chi connectivity index (χ0n) is 11.5. The monoisotopic (exact) mass is 342 g/mol. The lowest BCUT2D eigenvalue weighted by Crippen LogP contribution is -2.08. The SMILES string of the molecule is O=Cc1cn(C2CCCCCC2)nc1-c1cc(Cl)sc1Cl. The average Bonchev–Trinajstić information content (AvgIpc) is 2.91. The lowest BCUT2D eigenvalue weighted by molar-refractivity contribution is 0.112. The van der Waals surface area contributed by atoms with E-state index >= 15 is 0 Å². The normalized spacial score (nSPS) is 16.9. The Balaban J connectivity index is 1.98. The maximum Gasteiger partial charge on any atom is 0.153 e. The van der Waals surface area contributed by atoms with Gasteiger partial charge in [-0.25, -0.2) is 0 Å². The van der Waals surface area contributed by atoms with Gasteiger partial charge < -0.3 is 0 Å². The molecule has 1 aliphatic rings. The van der Waals surface area contributed by atoms with Gasteiger partial charge in [-0.1, -0.05) is 48.9 Å². The van der Waals surface area contributed by atoms with E-state index in [-0.39, 0.29) is 0 Å². The van der Waals surface area contributed by atoms with E-state index in [1.807, 2.05) is 10.9 Å². The van der Waals surface area contributed by atoms with Crippen LogP contribution in [0.5, 0.6) is 0 Å². The lowest BCUT2D eigenvalue weighted by Gasteiger charge is -2.14. The first kappa shape index (κ1) is 15.1. The highest BCUT2D eigenvalue weighted by atomic mass is 35.5. The summed E-state index contributed by atoms with van der Waals surface area (Å²) in [5.41, 5.74) is 1.97. The zero-order chi connectivity index (χ0) is 14.8. The Morgan fingerprint density at radius 3 is 2.52 bits per heavy atom. The fourth-order valence-electron chi connectivity index (χ4n) is 2.91. The van der Waals surface area contributed by atoms with Gasteiger partial charge in [0.15, 0.2) is 6.29 Å². The summed E-state index contributed by atoms with van der Waals surface area (Å²) in [7, 11) is 0. The predicted octanol–water partition coefficient (Wildman–Crippen LogP) is 5.63. The molecule has 1 saturated carbocycles. The van der Waals surface area contributed by atoms with Crippen LogP contribution < -0.4 is 0 Å². The summed E-state index contributed by atoms with van der Waals surface area (Å²) >= 11 is 13.5. The first-order valence-electron chi connectivity index (χ1n) is 7.18. The van der Waals surface area contributed by atoms with Gasteiger partial charge in [-0.3, -0.25) is 9.48 Å². The van der Waals surface area contributed by atoms with Crippen LogP contribution in [0.15, 0.2) is 12.3 Å². The number of thiophene rings is 1. The highest BCUT2D eigenvalue weighted by Gasteiger charge is 2.20. The van der Waals surface area contributed by atoms with E-state index in [0.29, 0.717) is 26.0 Å². The van der Waals surface area contributed by atoms with Crippen LogP contribution in [-0.2, 0) is 0 Å². The molecule has 0 saturated heterocycles. The number of rotatable bonds is 3. The molecule has 1 aliphatic carbocycles. The average molecular weight is 343 g/mol. The van der Waals surface area contributed by atoms with Crippen molar-refractivity contribution >= 4 is 40.8 Å². The van der Waals surface area contributed by atoms with Crippen LogP contribution in [0.4, 0.5) is 0 Å². The van der Waals surface area contributed by atoms with E-state index in [2.05, 4.69) is 5.10 Å². The van der Waals surface area contributed by atoms with Crippen LogP contribution in [-0.4, -0.2) is 16.1 Å². The minimum atomic E-state index is 0.382. The van der Waals surface area contributed by atoms with Crippen molar-refractivity contribution in [2.45, 2.75) is 44.6 Å². The highest BCUT2D eigenvalue weighted by molar-refractivity contribution is 7.20. The quantitative estimate of drug-likeness (QED) is 0.535. The number of carbonyl (C=O) groups is 1. The summed E-state index contributed by atoms with van der Waals surface area (Å²) in [6.45, 7) is 0. The first-order valence-corrected chi connectivity index (χ1v) is 8.76. The molecule has 0 amide bonds. The molecule has 112 valence electrons. The Bertz CT molecular complexity index is 642. The van der Waals surface area contributed by atoms with E-state index in [1.54, 1.807) is 6.07 Å². The standard InChI is InChI=1S/C15H16Cl2N2OS/c16-13-7-12(15(17)21-13)14-10(9-20)8-19(18-14)11-5-3-1-2-4-6-11/h7-9,11H,1-6H2. The van der Waals surface area contributed by atoms with E-state index in [0.717, 1.165) is 24.7 Å². The molecule has 0 radical (unpaired) electrons. The van der Waals surface area contributed by atoms with Crippen molar-refractivity contribution in [1.29, 1.82) is 0 Å². The number of carbonyl (C=O) groups excluding carboxylic acids is 1. The van der Waals surface area contributed by atoms with Crippen LogP contribution in [0.1, 0.15) is 54.9 Å². The molecule has 2 aromatic rings. The second kappa shape index (κ2) is 6.51. The van der Waals surface area contributed by atoms with E-state index in [9.17, 15) is 4.79 Å². The van der Waals surface area contributed by atoms with E-state index < -0.39 is 0 Å². The van der Waals surface area contributed by atoms with Crippen LogP contribution in [0.2, 0.25) is 8.67 Å². The number of nitrogens with zero attached hydrogens (tertiary/aromatic N) is 2. The Kier molecular flexibility index (Phi) is 4.67. The summed E-state index contributed by atoms with van der Waals surface area (Å²) in [6.07, 6.45) is 9.96. The maximum absolute atomic E-state index is 11.4. The van der Waals surface area contributed by atoms with Gasteiger partial charge in [0.2, 0.25) is 0 Å². The maximum atomic E-state index is 11.4. The second-order valence-corrected chi connectivity index (χ2v) is 7.70. The molecule has 3 rings (SSSR count). The molecule has 3 nitrogen and oxygen atoms in total. The smallest absolute Gasteiger partial charge is 0.153 e. The highest BCUT2D eigenvalue weighted by Crippen LogP contribution is 2.39. The van der Waals surface area contributed by atoms with Crippen LogP contribution in [0.3, 0.4) is 0 Å². The van der Waals surface area contributed by atoms with Gasteiger partial charge in [-0.15, -0.1) is 11.3 Å². The fraction of sp³-hybridized carbons (Fsp3) is 0.467. The molecule has 21 heavy (non-hydrogen) atoms. The molecule has 0 aliphatic heterocycles. The van der Waals surface area contributed by atoms with Gasteiger partial charge in [0, 0.05) is 11.8 Å². The largest absolute Gasteiger partial charge is 0.298 e.